The first-order valence-electron chi connectivity index (χ1n) is 12.6. The van der Waals surface area contributed by atoms with Crippen LogP contribution in [0.3, 0.4) is 0 Å². The van der Waals surface area contributed by atoms with Gasteiger partial charge in [-0.25, -0.2) is 9.82 Å². The quantitative estimate of drug-likeness (QED) is 0.190. The van der Waals surface area contributed by atoms with E-state index in [1.54, 1.807) is 42.6 Å². The van der Waals surface area contributed by atoms with Crippen LogP contribution in [0, 0.1) is 5.82 Å². The third-order valence-corrected chi connectivity index (χ3v) is 6.41. The number of rotatable bonds is 9. The van der Waals surface area contributed by atoms with Crippen LogP contribution in [0.15, 0.2) is 120 Å². The number of carbonyl (C=O) groups is 2. The molecule has 0 aliphatic carbocycles. The molecule has 0 aliphatic rings. The third kappa shape index (κ3) is 6.45. The monoisotopic (exact) mass is 518 g/mol. The number of hydrogen-bond donors (Lipinski definition) is 2. The minimum absolute atomic E-state index is 0.0201. The molecular formula is C32H27FN4O2. The predicted octanol–water partition coefficient (Wildman–Crippen LogP) is 5.84. The summed E-state index contributed by atoms with van der Waals surface area (Å²) in [6.45, 7) is 0.570. The molecule has 1 atom stereocenters. The molecule has 0 fully saturated rings. The molecule has 1 aromatic heterocycles. The summed E-state index contributed by atoms with van der Waals surface area (Å²) in [6, 6.07) is 32.1. The lowest BCUT2D eigenvalue weighted by Crippen LogP contribution is -2.32. The summed E-state index contributed by atoms with van der Waals surface area (Å²) in [5.41, 5.74) is 6.76. The van der Waals surface area contributed by atoms with Crippen molar-refractivity contribution in [1.82, 2.24) is 15.3 Å². The molecule has 0 saturated carbocycles. The van der Waals surface area contributed by atoms with Gasteiger partial charge in [0.1, 0.15) is 5.82 Å². The molecule has 0 spiro atoms. The van der Waals surface area contributed by atoms with Crippen LogP contribution >= 0.6 is 0 Å². The highest BCUT2D eigenvalue weighted by molar-refractivity contribution is 6.00. The van der Waals surface area contributed by atoms with Gasteiger partial charge in [0.2, 0.25) is 5.91 Å². The van der Waals surface area contributed by atoms with Crippen molar-refractivity contribution in [1.29, 1.82) is 0 Å². The number of benzene rings is 4. The van der Waals surface area contributed by atoms with Crippen LogP contribution in [-0.2, 0) is 11.3 Å². The Hall–Kier alpha value is -5.04. The summed E-state index contributed by atoms with van der Waals surface area (Å²) in [4.78, 5) is 25.7. The highest BCUT2D eigenvalue weighted by Crippen LogP contribution is 2.22. The maximum Gasteiger partial charge on any atom is 0.251 e. The van der Waals surface area contributed by atoms with Crippen LogP contribution in [0.4, 0.5) is 4.39 Å². The molecule has 0 radical (unpaired) electrons. The van der Waals surface area contributed by atoms with Gasteiger partial charge in [0.05, 0.1) is 18.7 Å². The second-order valence-electron chi connectivity index (χ2n) is 9.16. The minimum atomic E-state index is -0.522. The summed E-state index contributed by atoms with van der Waals surface area (Å²) in [5.74, 6) is -0.855. The van der Waals surface area contributed by atoms with E-state index in [2.05, 4.69) is 20.4 Å². The van der Waals surface area contributed by atoms with Gasteiger partial charge in [0.25, 0.3) is 5.91 Å². The van der Waals surface area contributed by atoms with Gasteiger partial charge in [-0.05, 0) is 41.5 Å². The Balaban J connectivity index is 1.29. The van der Waals surface area contributed by atoms with Crippen molar-refractivity contribution in [3.05, 3.63) is 143 Å². The number of amides is 2. The molecule has 4 aromatic carbocycles. The number of nitrogens with one attached hydrogen (secondary N) is 2. The molecule has 2 amide bonds. The van der Waals surface area contributed by atoms with Crippen molar-refractivity contribution in [3.63, 3.8) is 0 Å². The van der Waals surface area contributed by atoms with Crippen molar-refractivity contribution < 1.29 is 14.0 Å². The Labute approximate surface area is 225 Å². The molecule has 39 heavy (non-hydrogen) atoms. The van der Waals surface area contributed by atoms with Gasteiger partial charge < -0.3 is 9.88 Å². The average molecular weight is 519 g/mol. The fraction of sp³-hybridized carbons (Fsp3) is 0.0938. The standard InChI is InChI=1S/C32H27FN4O2/c33-27-17-15-23(16-18-27)21-37-22-26(28-13-7-8-14-30(28)37)20-34-36-31(38)19-29(24-9-3-1-4-10-24)35-32(39)25-11-5-2-6-12-25/h1-18,20,22,29H,19,21H2,(H,35,39)(H,36,38)/b34-20-/t29-/m1/s1. The molecular weight excluding hydrogens is 491 g/mol. The SMILES string of the molecule is O=C(C[C@@H](NC(=O)c1ccccc1)c1ccccc1)N/N=C\c1cn(Cc2ccc(F)cc2)c2ccccc12. The van der Waals surface area contributed by atoms with Crippen molar-refractivity contribution in [2.24, 2.45) is 5.10 Å². The van der Waals surface area contributed by atoms with E-state index in [1.807, 2.05) is 66.9 Å². The van der Waals surface area contributed by atoms with Crippen molar-refractivity contribution in [3.8, 4) is 0 Å². The smallest absolute Gasteiger partial charge is 0.251 e. The maximum absolute atomic E-state index is 13.3. The van der Waals surface area contributed by atoms with E-state index in [0.29, 0.717) is 12.1 Å². The molecule has 2 N–H and O–H groups in total. The molecule has 1 heterocycles. The zero-order valence-corrected chi connectivity index (χ0v) is 21.1. The van der Waals surface area contributed by atoms with Crippen LogP contribution in [0.2, 0.25) is 0 Å². The number of hydrogen-bond acceptors (Lipinski definition) is 3. The van der Waals surface area contributed by atoms with Crippen LogP contribution in [-0.4, -0.2) is 22.6 Å². The molecule has 0 bridgehead atoms. The Morgan fingerprint density at radius 3 is 2.26 bits per heavy atom. The van der Waals surface area contributed by atoms with Gasteiger partial charge in [0.15, 0.2) is 0 Å². The lowest BCUT2D eigenvalue weighted by molar-refractivity contribution is -0.121. The zero-order valence-electron chi connectivity index (χ0n) is 21.1. The number of halogens is 1. The van der Waals surface area contributed by atoms with Crippen LogP contribution in [0.1, 0.15) is 39.5 Å². The largest absolute Gasteiger partial charge is 0.345 e. The normalized spacial score (nSPS) is 11.9. The van der Waals surface area contributed by atoms with E-state index in [1.165, 1.54) is 12.1 Å². The number of aromatic nitrogens is 1. The summed E-state index contributed by atoms with van der Waals surface area (Å²) >= 11 is 0. The van der Waals surface area contributed by atoms with Gasteiger partial charge >= 0.3 is 0 Å². The Morgan fingerprint density at radius 2 is 1.51 bits per heavy atom. The van der Waals surface area contributed by atoms with E-state index in [9.17, 15) is 14.0 Å². The van der Waals surface area contributed by atoms with Gasteiger partial charge in [-0.1, -0.05) is 78.9 Å². The first kappa shape index (κ1) is 25.6. The second kappa shape index (κ2) is 12.0. The molecule has 5 aromatic rings. The Bertz CT molecular complexity index is 1600. The van der Waals surface area contributed by atoms with Gasteiger partial charge in [-0.2, -0.15) is 5.10 Å². The maximum atomic E-state index is 13.3. The summed E-state index contributed by atoms with van der Waals surface area (Å²) in [7, 11) is 0. The second-order valence-corrected chi connectivity index (χ2v) is 9.16. The van der Waals surface area contributed by atoms with Crippen LogP contribution in [0.25, 0.3) is 10.9 Å². The Kier molecular flexibility index (Phi) is 7.88. The average Bonchev–Trinajstić information content (AvgIpc) is 3.32. The Morgan fingerprint density at radius 1 is 0.846 bits per heavy atom. The molecule has 5 rings (SSSR count). The van der Waals surface area contributed by atoms with E-state index in [-0.39, 0.29) is 24.1 Å². The van der Waals surface area contributed by atoms with E-state index < -0.39 is 6.04 Å². The topological polar surface area (TPSA) is 75.5 Å². The molecule has 0 unspecified atom stereocenters. The van der Waals surface area contributed by atoms with E-state index in [4.69, 9.17) is 0 Å². The van der Waals surface area contributed by atoms with Crippen molar-refractivity contribution in [2.75, 3.05) is 0 Å². The lowest BCUT2D eigenvalue weighted by Gasteiger charge is -2.18. The molecule has 0 saturated heterocycles. The van der Waals surface area contributed by atoms with Crippen LogP contribution in [0.5, 0.6) is 0 Å². The fourth-order valence-electron chi connectivity index (χ4n) is 4.47. The van der Waals surface area contributed by atoms with Crippen molar-refractivity contribution >= 4 is 28.9 Å². The summed E-state index contributed by atoms with van der Waals surface area (Å²) < 4.78 is 15.4. The number of para-hydroxylation sites is 1. The minimum Gasteiger partial charge on any atom is -0.345 e. The van der Waals surface area contributed by atoms with E-state index >= 15 is 0 Å². The highest BCUT2D eigenvalue weighted by atomic mass is 19.1. The van der Waals surface area contributed by atoms with Gasteiger partial charge in [0, 0.05) is 34.8 Å². The first-order chi connectivity index (χ1) is 19.1. The number of carbonyl (C=O) groups excluding carboxylic acids is 2. The molecule has 194 valence electrons. The summed E-state index contributed by atoms with van der Waals surface area (Å²) in [5, 5.41) is 8.15. The number of hydrazone groups is 1. The molecule has 7 heteroatoms. The van der Waals surface area contributed by atoms with Gasteiger partial charge in [-0.15, -0.1) is 0 Å². The first-order valence-corrected chi connectivity index (χ1v) is 12.6. The third-order valence-electron chi connectivity index (χ3n) is 6.41. The lowest BCUT2D eigenvalue weighted by atomic mass is 10.0. The zero-order chi connectivity index (χ0) is 27.0. The highest BCUT2D eigenvalue weighted by Gasteiger charge is 2.19. The predicted molar refractivity (Wildman–Crippen MR) is 151 cm³/mol. The van der Waals surface area contributed by atoms with Crippen molar-refractivity contribution in [2.45, 2.75) is 19.0 Å². The number of nitrogens with zero attached hydrogens (tertiary/aromatic N) is 2. The van der Waals surface area contributed by atoms with Gasteiger partial charge in [-0.3, -0.25) is 9.59 Å². The fourth-order valence-corrected chi connectivity index (χ4v) is 4.47. The number of fused-ring (bicyclic) bond motifs is 1. The van der Waals surface area contributed by atoms with E-state index in [0.717, 1.165) is 27.6 Å². The molecule has 6 nitrogen and oxygen atoms in total. The molecule has 0 aliphatic heterocycles. The van der Waals surface area contributed by atoms with Crippen LogP contribution < -0.4 is 10.7 Å². The summed E-state index contributed by atoms with van der Waals surface area (Å²) in [6.07, 6.45) is 3.59.